The molecule has 1 aliphatic heterocycles. The molecule has 1 saturated carbocycles. The Bertz CT molecular complexity index is 1630. The van der Waals surface area contributed by atoms with Gasteiger partial charge in [0.05, 0.1) is 50.3 Å². The van der Waals surface area contributed by atoms with Crippen molar-refractivity contribution in [3.05, 3.63) is 48.7 Å². The van der Waals surface area contributed by atoms with Gasteiger partial charge >= 0.3 is 0 Å². The number of nitriles is 1. The molecular weight excluding hydrogens is 614 g/mol. The third kappa shape index (κ3) is 8.43. The van der Waals surface area contributed by atoms with Crippen molar-refractivity contribution < 1.29 is 18.9 Å². The molecule has 1 aromatic carbocycles. The highest BCUT2D eigenvalue weighted by Gasteiger charge is 2.29. The van der Waals surface area contributed by atoms with Gasteiger partial charge in [-0.2, -0.15) is 5.26 Å². The molecule has 4 heterocycles. The summed E-state index contributed by atoms with van der Waals surface area (Å²) in [7, 11) is 1.70. The number of nitrogens with zero attached hydrogens (tertiary/aromatic N) is 10. The highest BCUT2D eigenvalue weighted by molar-refractivity contribution is 5.67. The Morgan fingerprint density at radius 2 is 1.81 bits per heavy atom. The number of benzene rings is 1. The molecular formula is C33H43N11O4. The van der Waals surface area contributed by atoms with Crippen LogP contribution in [0.3, 0.4) is 0 Å². The van der Waals surface area contributed by atoms with Gasteiger partial charge in [-0.15, -0.1) is 10.2 Å². The molecule has 2 fully saturated rings. The summed E-state index contributed by atoms with van der Waals surface area (Å²) in [5.41, 5.74) is 2.75. The van der Waals surface area contributed by atoms with E-state index in [9.17, 15) is 5.26 Å². The largest absolute Gasteiger partial charge is 0.487 e. The summed E-state index contributed by atoms with van der Waals surface area (Å²) >= 11 is 0. The second kappa shape index (κ2) is 16.0. The summed E-state index contributed by atoms with van der Waals surface area (Å²) in [6.07, 6.45) is 12.0. The van der Waals surface area contributed by atoms with Crippen LogP contribution in [0.15, 0.2) is 43.1 Å². The number of rotatable bonds is 14. The summed E-state index contributed by atoms with van der Waals surface area (Å²) in [6.45, 7) is 8.51. The standard InChI is InChI=1S/C33H43N11O4/c1-23(45-3)10-13-47-32-30(21-44(39-32)29-8-6-28(7-9-29)42-11-14-46-15-12-42)38-33-35-18-27(19-36-33)25-4-5-26(17-34)31(16-25)48-24(2)20-43-22-37-40-41-43/h4-5,16,18-19,21-24,28-29H,6-15,20H2,1-3H3,(H,35,36,38)/t23-,24-,28-,29-/m0/s1. The topological polar surface area (TPSA) is 163 Å². The van der Waals surface area contributed by atoms with Gasteiger partial charge in [0.15, 0.2) is 0 Å². The van der Waals surface area contributed by atoms with E-state index in [1.54, 1.807) is 30.3 Å². The van der Waals surface area contributed by atoms with E-state index in [0.717, 1.165) is 69.5 Å². The molecule has 1 N–H and O–H groups in total. The molecule has 0 spiro atoms. The van der Waals surface area contributed by atoms with E-state index in [-0.39, 0.29) is 12.2 Å². The first-order valence-corrected chi connectivity index (χ1v) is 16.6. The number of ether oxygens (including phenoxy) is 4. The fraction of sp³-hybridized carbons (Fsp3) is 0.545. The molecule has 6 rings (SSSR count). The van der Waals surface area contributed by atoms with E-state index >= 15 is 0 Å². The summed E-state index contributed by atoms with van der Waals surface area (Å²) in [4.78, 5) is 11.8. The molecule has 254 valence electrons. The number of morpholine rings is 1. The monoisotopic (exact) mass is 657 g/mol. The molecule has 15 heteroatoms. The van der Waals surface area contributed by atoms with Gasteiger partial charge in [0.2, 0.25) is 5.95 Å². The van der Waals surface area contributed by atoms with Crippen LogP contribution in [-0.4, -0.2) is 103 Å². The van der Waals surface area contributed by atoms with Gasteiger partial charge in [-0.1, -0.05) is 6.07 Å². The number of anilines is 2. The molecule has 0 unspecified atom stereocenters. The maximum atomic E-state index is 9.66. The van der Waals surface area contributed by atoms with E-state index in [1.165, 1.54) is 6.33 Å². The van der Waals surface area contributed by atoms with Crippen LogP contribution in [0.2, 0.25) is 0 Å². The molecule has 2 atom stereocenters. The van der Waals surface area contributed by atoms with Crippen molar-refractivity contribution in [3.8, 4) is 28.8 Å². The molecule has 15 nitrogen and oxygen atoms in total. The average Bonchev–Trinajstić information content (AvgIpc) is 3.79. The van der Waals surface area contributed by atoms with Gasteiger partial charge in [-0.3, -0.25) is 9.58 Å². The Kier molecular flexibility index (Phi) is 11.1. The fourth-order valence-electron chi connectivity index (χ4n) is 6.16. The van der Waals surface area contributed by atoms with Crippen molar-refractivity contribution in [2.24, 2.45) is 0 Å². The van der Waals surface area contributed by atoms with Crippen molar-refractivity contribution in [2.45, 2.75) is 76.8 Å². The van der Waals surface area contributed by atoms with Crippen LogP contribution in [0, 0.1) is 11.3 Å². The van der Waals surface area contributed by atoms with Crippen molar-refractivity contribution in [2.75, 3.05) is 45.3 Å². The van der Waals surface area contributed by atoms with Gasteiger partial charge in [0.1, 0.15) is 29.9 Å². The van der Waals surface area contributed by atoms with Crippen molar-refractivity contribution >= 4 is 11.6 Å². The Hall–Kier alpha value is -4.65. The molecule has 48 heavy (non-hydrogen) atoms. The average molecular weight is 658 g/mol. The normalized spacial score (nSPS) is 19.7. The Morgan fingerprint density at radius 1 is 1.04 bits per heavy atom. The van der Waals surface area contributed by atoms with Crippen LogP contribution in [0.5, 0.6) is 11.6 Å². The fourth-order valence-corrected chi connectivity index (χ4v) is 6.16. The van der Waals surface area contributed by atoms with Crippen molar-refractivity contribution in [1.29, 1.82) is 5.26 Å². The van der Waals surface area contributed by atoms with E-state index in [1.807, 2.05) is 36.9 Å². The summed E-state index contributed by atoms with van der Waals surface area (Å²) in [6, 6.07) is 8.52. The zero-order valence-electron chi connectivity index (χ0n) is 27.7. The van der Waals surface area contributed by atoms with Gasteiger partial charge in [0.25, 0.3) is 5.88 Å². The molecule has 2 aliphatic rings. The molecule has 3 aromatic heterocycles. The van der Waals surface area contributed by atoms with E-state index < -0.39 is 0 Å². The number of hydrogen-bond acceptors (Lipinski definition) is 13. The second-order valence-electron chi connectivity index (χ2n) is 12.3. The number of hydrogen-bond donors (Lipinski definition) is 1. The number of tetrazole rings is 1. The Labute approximate surface area is 280 Å². The maximum absolute atomic E-state index is 9.66. The lowest BCUT2D eigenvalue weighted by atomic mass is 9.90. The lowest BCUT2D eigenvalue weighted by molar-refractivity contribution is 0.00502. The zero-order chi connectivity index (χ0) is 33.3. The molecule has 0 bridgehead atoms. The third-order valence-corrected chi connectivity index (χ3v) is 8.96. The predicted molar refractivity (Wildman–Crippen MR) is 176 cm³/mol. The quantitative estimate of drug-likeness (QED) is 0.207. The minimum Gasteiger partial charge on any atom is -0.487 e. The van der Waals surface area contributed by atoms with Crippen LogP contribution < -0.4 is 14.8 Å². The zero-order valence-corrected chi connectivity index (χ0v) is 27.7. The maximum Gasteiger partial charge on any atom is 0.256 e. The van der Waals surface area contributed by atoms with Gasteiger partial charge in [-0.05, 0) is 67.7 Å². The van der Waals surface area contributed by atoms with Crippen LogP contribution in [0.1, 0.15) is 57.6 Å². The van der Waals surface area contributed by atoms with E-state index in [4.69, 9.17) is 24.0 Å². The van der Waals surface area contributed by atoms with Gasteiger partial charge in [-0.25, -0.2) is 14.6 Å². The minimum atomic E-state index is -0.270. The smallest absolute Gasteiger partial charge is 0.256 e. The van der Waals surface area contributed by atoms with Crippen molar-refractivity contribution in [1.82, 2.24) is 44.9 Å². The summed E-state index contributed by atoms with van der Waals surface area (Å²) < 4.78 is 26.8. The number of methoxy groups -OCH3 is 1. The third-order valence-electron chi connectivity index (χ3n) is 8.96. The molecule has 0 amide bonds. The first-order valence-electron chi connectivity index (χ1n) is 16.6. The van der Waals surface area contributed by atoms with E-state index in [2.05, 4.69) is 41.8 Å². The van der Waals surface area contributed by atoms with Crippen LogP contribution in [0.4, 0.5) is 11.6 Å². The molecule has 4 aromatic rings. The minimum absolute atomic E-state index is 0.0807. The Balaban J connectivity index is 1.14. The highest BCUT2D eigenvalue weighted by atomic mass is 16.5. The second-order valence-corrected chi connectivity index (χ2v) is 12.3. The van der Waals surface area contributed by atoms with Crippen molar-refractivity contribution in [3.63, 3.8) is 0 Å². The summed E-state index contributed by atoms with van der Waals surface area (Å²) in [5, 5.41) is 29.1. The first kappa shape index (κ1) is 33.3. The first-order chi connectivity index (χ1) is 23.5. The van der Waals surface area contributed by atoms with Crippen LogP contribution >= 0.6 is 0 Å². The number of aromatic nitrogens is 8. The summed E-state index contributed by atoms with van der Waals surface area (Å²) in [5.74, 6) is 1.41. The molecule has 1 aliphatic carbocycles. The van der Waals surface area contributed by atoms with Gasteiger partial charge in [0, 0.05) is 50.6 Å². The SMILES string of the molecule is CO[C@@H](C)CCOc1nn([C@H]2CC[C@H](N3CCOCC3)CC2)cc1Nc1ncc(-c2ccc(C#N)c(O[C@@H](C)Cn3cnnn3)c2)cn1. The van der Waals surface area contributed by atoms with E-state index in [0.29, 0.717) is 54.1 Å². The molecule has 0 radical (unpaired) electrons. The highest BCUT2D eigenvalue weighted by Crippen LogP contribution is 2.35. The lowest BCUT2D eigenvalue weighted by Crippen LogP contribution is -2.45. The number of nitrogens with one attached hydrogen (secondary N) is 1. The predicted octanol–water partition coefficient (Wildman–Crippen LogP) is 4.03. The van der Waals surface area contributed by atoms with Crippen LogP contribution in [-0.2, 0) is 16.0 Å². The lowest BCUT2D eigenvalue weighted by Gasteiger charge is -2.38. The van der Waals surface area contributed by atoms with Crippen LogP contribution in [0.25, 0.3) is 11.1 Å². The molecule has 1 saturated heterocycles. The van der Waals surface area contributed by atoms with Gasteiger partial charge < -0.3 is 24.3 Å². The Morgan fingerprint density at radius 3 is 2.52 bits per heavy atom.